The van der Waals surface area contributed by atoms with E-state index in [0.29, 0.717) is 22.5 Å². The van der Waals surface area contributed by atoms with Crippen molar-refractivity contribution in [2.45, 2.75) is 52.6 Å². The summed E-state index contributed by atoms with van der Waals surface area (Å²) in [5.41, 5.74) is 1.11. The molecule has 0 aliphatic carbocycles. The number of thiocarbonyl (C=S) groups is 2. The van der Waals surface area contributed by atoms with Crippen molar-refractivity contribution in [3.8, 4) is 0 Å². The first-order chi connectivity index (χ1) is 18.6. The van der Waals surface area contributed by atoms with Crippen molar-refractivity contribution in [2.75, 3.05) is 9.80 Å². The molecule has 2 aliphatic heterocycles. The van der Waals surface area contributed by atoms with Crippen LogP contribution in [0.25, 0.3) is 0 Å². The van der Waals surface area contributed by atoms with E-state index in [1.54, 1.807) is 48.5 Å². The van der Waals surface area contributed by atoms with E-state index in [1.807, 2.05) is 41.5 Å². The van der Waals surface area contributed by atoms with Gasteiger partial charge in [0, 0.05) is 22.2 Å². The molecule has 0 unspecified atom stereocenters. The summed E-state index contributed by atoms with van der Waals surface area (Å²) < 4.78 is 0.540. The largest absolute Gasteiger partial charge is 0.347 e. The molecule has 8 nitrogen and oxygen atoms in total. The molecular formula is C28H28N4O4S4. The van der Waals surface area contributed by atoms with E-state index in [-0.39, 0.29) is 41.3 Å². The number of nitrogens with one attached hydrogen (secondary N) is 2. The number of thioether (sulfide) groups is 2. The Morgan fingerprint density at radius 1 is 0.625 bits per heavy atom. The van der Waals surface area contributed by atoms with E-state index in [0.717, 1.165) is 23.5 Å². The first-order valence-corrected chi connectivity index (χ1v) is 14.7. The fourth-order valence-corrected chi connectivity index (χ4v) is 6.56. The minimum atomic E-state index is -0.434. The third-order valence-corrected chi connectivity index (χ3v) is 8.37. The molecule has 2 aliphatic rings. The van der Waals surface area contributed by atoms with Gasteiger partial charge >= 0.3 is 0 Å². The zero-order valence-electron chi connectivity index (χ0n) is 22.8. The van der Waals surface area contributed by atoms with E-state index in [4.69, 9.17) is 24.4 Å². The van der Waals surface area contributed by atoms with E-state index in [1.165, 1.54) is 9.80 Å². The van der Waals surface area contributed by atoms with Gasteiger partial charge < -0.3 is 10.6 Å². The van der Waals surface area contributed by atoms with Crippen LogP contribution in [0.3, 0.4) is 0 Å². The van der Waals surface area contributed by atoms with Gasteiger partial charge in [-0.05, 0) is 90.1 Å². The van der Waals surface area contributed by atoms with Crippen molar-refractivity contribution >= 4 is 91.6 Å². The van der Waals surface area contributed by atoms with Crippen molar-refractivity contribution in [1.82, 2.24) is 10.6 Å². The standard InChI is InChI=1S/C28H28N4O4S4/c1-27(2,3)29-21(33)15-7-11-17(12-8-15)31-23(35)19(39-25(31)37)20-24(36)32(26(38)40-20)18-13-9-16(10-14-18)22(34)30-28(4,5)6/h7-14H,1-6H3,(H,29,33)(H,30,34)/b20-19+. The third kappa shape index (κ3) is 6.46. The van der Waals surface area contributed by atoms with Crippen LogP contribution in [0, 0.1) is 0 Å². The van der Waals surface area contributed by atoms with Crippen molar-refractivity contribution in [2.24, 2.45) is 0 Å². The van der Waals surface area contributed by atoms with Gasteiger partial charge in [-0.1, -0.05) is 48.0 Å². The van der Waals surface area contributed by atoms with Crippen molar-refractivity contribution in [3.05, 3.63) is 69.5 Å². The molecule has 2 saturated heterocycles. The molecule has 2 N–H and O–H groups in total. The molecule has 40 heavy (non-hydrogen) atoms. The van der Waals surface area contributed by atoms with Gasteiger partial charge in [0.05, 0.1) is 21.2 Å². The van der Waals surface area contributed by atoms with Crippen LogP contribution in [0.2, 0.25) is 0 Å². The number of carbonyl (C=O) groups is 4. The SMILES string of the molecule is CC(C)(C)NC(=O)c1ccc(N2C(=O)/C(=C3\SC(=S)N(c4ccc(C(=O)NC(C)(C)C)cc4)C3=O)SC2=S)cc1. The molecule has 0 aromatic heterocycles. The number of nitrogens with zero attached hydrogens (tertiary/aromatic N) is 2. The molecule has 4 rings (SSSR count). The lowest BCUT2D eigenvalue weighted by molar-refractivity contribution is -0.115. The highest BCUT2D eigenvalue weighted by molar-refractivity contribution is 8.30. The number of anilines is 2. The van der Waals surface area contributed by atoms with Crippen LogP contribution in [-0.4, -0.2) is 43.3 Å². The second kappa shape index (κ2) is 11.1. The predicted molar refractivity (Wildman–Crippen MR) is 170 cm³/mol. The molecule has 0 bridgehead atoms. The van der Waals surface area contributed by atoms with Gasteiger partial charge in [0.15, 0.2) is 8.64 Å². The van der Waals surface area contributed by atoms with E-state index < -0.39 is 11.8 Å². The molecule has 0 radical (unpaired) electrons. The highest BCUT2D eigenvalue weighted by Crippen LogP contribution is 2.44. The van der Waals surface area contributed by atoms with Crippen LogP contribution in [0.5, 0.6) is 0 Å². The summed E-state index contributed by atoms with van der Waals surface area (Å²) in [4.78, 5) is 54.9. The number of amides is 4. The monoisotopic (exact) mass is 612 g/mol. The first kappa shape index (κ1) is 29.9. The summed E-state index contributed by atoms with van der Waals surface area (Å²) in [6, 6.07) is 13.1. The topological polar surface area (TPSA) is 98.8 Å². The maximum Gasteiger partial charge on any atom is 0.272 e. The van der Waals surface area contributed by atoms with E-state index in [9.17, 15) is 19.2 Å². The number of hydrogen-bond donors (Lipinski definition) is 2. The molecule has 2 aromatic rings. The van der Waals surface area contributed by atoms with Gasteiger partial charge in [-0.2, -0.15) is 0 Å². The van der Waals surface area contributed by atoms with Crippen LogP contribution in [0.15, 0.2) is 58.3 Å². The Kier molecular flexibility index (Phi) is 8.28. The Balaban J connectivity index is 1.54. The number of carbonyl (C=O) groups excluding carboxylic acids is 4. The smallest absolute Gasteiger partial charge is 0.272 e. The molecule has 2 aromatic carbocycles. The minimum absolute atomic E-state index is 0.195. The van der Waals surface area contributed by atoms with Gasteiger partial charge in [0.1, 0.15) is 0 Å². The molecule has 12 heteroatoms. The molecule has 2 fully saturated rings. The average molecular weight is 613 g/mol. The van der Waals surface area contributed by atoms with Crippen LogP contribution < -0.4 is 20.4 Å². The Labute approximate surface area is 252 Å². The van der Waals surface area contributed by atoms with Crippen molar-refractivity contribution in [1.29, 1.82) is 0 Å². The van der Waals surface area contributed by atoms with E-state index in [2.05, 4.69) is 10.6 Å². The minimum Gasteiger partial charge on any atom is -0.347 e. The Bertz CT molecular complexity index is 1360. The van der Waals surface area contributed by atoms with Crippen LogP contribution in [0.1, 0.15) is 62.3 Å². The number of rotatable bonds is 4. The third-order valence-electron chi connectivity index (χ3n) is 5.50. The summed E-state index contributed by atoms with van der Waals surface area (Å²) in [6.45, 7) is 11.4. The van der Waals surface area contributed by atoms with Gasteiger partial charge in [-0.15, -0.1) is 0 Å². The summed E-state index contributed by atoms with van der Waals surface area (Å²) in [5.74, 6) is -1.32. The fourth-order valence-electron chi connectivity index (χ4n) is 3.80. The second-order valence-corrected chi connectivity index (χ2v) is 14.5. The molecule has 0 spiro atoms. The normalized spacial score (nSPS) is 18.1. The summed E-state index contributed by atoms with van der Waals surface area (Å²) in [7, 11) is 0. The lowest BCUT2D eigenvalue weighted by atomic mass is 10.1. The van der Waals surface area contributed by atoms with Crippen molar-refractivity contribution < 1.29 is 19.2 Å². The maximum atomic E-state index is 13.4. The Morgan fingerprint density at radius 2 is 0.925 bits per heavy atom. The highest BCUT2D eigenvalue weighted by atomic mass is 32.2. The molecule has 208 valence electrons. The average Bonchev–Trinajstić information content (AvgIpc) is 3.30. The molecular weight excluding hydrogens is 585 g/mol. The molecule has 2 heterocycles. The molecule has 0 saturated carbocycles. The predicted octanol–water partition coefficient (Wildman–Crippen LogP) is 5.38. The van der Waals surface area contributed by atoms with Crippen molar-refractivity contribution in [3.63, 3.8) is 0 Å². The van der Waals surface area contributed by atoms with Gasteiger partial charge in [0.25, 0.3) is 23.6 Å². The number of hydrogen-bond acceptors (Lipinski definition) is 8. The second-order valence-electron chi connectivity index (χ2n) is 11.2. The van der Waals surface area contributed by atoms with Crippen LogP contribution >= 0.6 is 48.0 Å². The molecule has 4 amide bonds. The Hall–Kier alpha value is -3.06. The fraction of sp³-hybridized carbons (Fsp3) is 0.286. The van der Waals surface area contributed by atoms with Crippen LogP contribution in [0.4, 0.5) is 11.4 Å². The quantitative estimate of drug-likeness (QED) is 0.351. The lowest BCUT2D eigenvalue weighted by Crippen LogP contribution is -2.40. The first-order valence-electron chi connectivity index (χ1n) is 12.3. The maximum absolute atomic E-state index is 13.4. The highest BCUT2D eigenvalue weighted by Gasteiger charge is 2.43. The zero-order chi connectivity index (χ0) is 29.6. The number of benzene rings is 2. The van der Waals surface area contributed by atoms with Crippen LogP contribution in [-0.2, 0) is 9.59 Å². The van der Waals surface area contributed by atoms with Gasteiger partial charge in [0.2, 0.25) is 0 Å². The lowest BCUT2D eigenvalue weighted by Gasteiger charge is -2.21. The summed E-state index contributed by atoms with van der Waals surface area (Å²) in [5, 5.41) is 5.79. The zero-order valence-corrected chi connectivity index (χ0v) is 26.0. The Morgan fingerprint density at radius 3 is 1.20 bits per heavy atom. The van der Waals surface area contributed by atoms with E-state index >= 15 is 0 Å². The molecule has 0 atom stereocenters. The summed E-state index contributed by atoms with van der Waals surface area (Å²) >= 11 is 13.0. The van der Waals surface area contributed by atoms with Gasteiger partial charge in [-0.25, -0.2) is 0 Å². The summed E-state index contributed by atoms with van der Waals surface area (Å²) in [6.07, 6.45) is 0. The van der Waals surface area contributed by atoms with Gasteiger partial charge in [-0.3, -0.25) is 29.0 Å².